The first-order chi connectivity index (χ1) is 12.8. The van der Waals surface area contributed by atoms with Gasteiger partial charge in [-0.3, -0.25) is 0 Å². The van der Waals surface area contributed by atoms with E-state index in [1.54, 1.807) is 7.11 Å². The quantitative estimate of drug-likeness (QED) is 0.572. The second-order valence-corrected chi connectivity index (χ2v) is 5.66. The lowest BCUT2D eigenvalue weighted by Crippen LogP contribution is -2.06. The molecular weight excluding hydrogens is 332 g/mol. The molecule has 0 aliphatic rings. The van der Waals surface area contributed by atoms with Gasteiger partial charge in [0.1, 0.15) is 0 Å². The molecule has 0 radical (unpaired) electrons. The fourth-order valence-corrected chi connectivity index (χ4v) is 2.86. The highest BCUT2D eigenvalue weighted by atomic mass is 16.5. The van der Waals surface area contributed by atoms with Gasteiger partial charge < -0.3 is 14.8 Å². The Bertz CT molecular complexity index is 1060. The molecule has 0 fully saturated rings. The third-order valence-corrected chi connectivity index (χ3v) is 4.06. The van der Waals surface area contributed by atoms with Gasteiger partial charge in [-0.05, 0) is 35.0 Å². The Balaban J connectivity index is 1.65. The molecule has 1 N–H and O–H groups in total. The second-order valence-electron chi connectivity index (χ2n) is 5.66. The molecule has 0 aliphatic heterocycles. The van der Waals surface area contributed by atoms with E-state index in [1.165, 1.54) is 4.63 Å². The van der Waals surface area contributed by atoms with E-state index in [2.05, 4.69) is 25.9 Å². The van der Waals surface area contributed by atoms with E-state index in [9.17, 15) is 0 Å². The maximum atomic E-state index is 5.56. The first kappa shape index (κ1) is 16.1. The lowest BCUT2D eigenvalue weighted by molar-refractivity contribution is 0.310. The van der Waals surface area contributed by atoms with Crippen molar-refractivity contribution in [2.75, 3.05) is 19.0 Å². The van der Waals surface area contributed by atoms with Crippen LogP contribution in [0, 0.1) is 0 Å². The topological polar surface area (TPSA) is 86.5 Å². The molecule has 8 heteroatoms. The first-order valence-corrected chi connectivity index (χ1v) is 8.31. The molecule has 0 amide bonds. The lowest BCUT2D eigenvalue weighted by Gasteiger charge is -2.12. The van der Waals surface area contributed by atoms with Crippen molar-refractivity contribution >= 4 is 22.2 Å². The number of methoxy groups -OCH3 is 1. The van der Waals surface area contributed by atoms with Crippen LogP contribution in [0.5, 0.6) is 11.5 Å². The summed E-state index contributed by atoms with van der Waals surface area (Å²) in [5.74, 6) is 2.16. The smallest absolute Gasteiger partial charge is 0.207 e. The molecule has 26 heavy (non-hydrogen) atoms. The van der Waals surface area contributed by atoms with Gasteiger partial charge in [-0.2, -0.15) is 0 Å². The van der Waals surface area contributed by atoms with Crippen LogP contribution in [0.25, 0.3) is 16.4 Å². The molecule has 0 spiro atoms. The zero-order chi connectivity index (χ0) is 17.9. The highest BCUT2D eigenvalue weighted by molar-refractivity contribution is 5.99. The highest BCUT2D eigenvalue weighted by Crippen LogP contribution is 2.29. The number of benzene rings is 2. The summed E-state index contributed by atoms with van der Waals surface area (Å²) >= 11 is 0. The lowest BCUT2D eigenvalue weighted by atomic mass is 10.1. The van der Waals surface area contributed by atoms with Crippen molar-refractivity contribution in [1.82, 2.24) is 25.3 Å². The molecule has 2 aromatic carbocycles. The number of tetrazole rings is 1. The van der Waals surface area contributed by atoms with Crippen LogP contribution in [0.15, 0.2) is 42.5 Å². The van der Waals surface area contributed by atoms with Crippen LogP contribution in [0.1, 0.15) is 12.5 Å². The molecule has 8 nitrogen and oxygen atoms in total. The SMILES string of the molecule is CCOc1ccc(CNc2nn3nnnc3c3ccccc23)cc1OC. The first-order valence-electron chi connectivity index (χ1n) is 8.31. The van der Waals surface area contributed by atoms with Crippen molar-refractivity contribution in [2.45, 2.75) is 13.5 Å². The Labute approximate surface area is 149 Å². The van der Waals surface area contributed by atoms with E-state index >= 15 is 0 Å². The van der Waals surface area contributed by atoms with E-state index in [4.69, 9.17) is 9.47 Å². The van der Waals surface area contributed by atoms with Crippen LogP contribution in [-0.4, -0.2) is 39.0 Å². The monoisotopic (exact) mass is 350 g/mol. The van der Waals surface area contributed by atoms with Gasteiger partial charge >= 0.3 is 0 Å². The molecule has 0 saturated carbocycles. The maximum absolute atomic E-state index is 5.56. The van der Waals surface area contributed by atoms with E-state index in [0.29, 0.717) is 30.4 Å². The fourth-order valence-electron chi connectivity index (χ4n) is 2.86. The van der Waals surface area contributed by atoms with E-state index in [0.717, 1.165) is 22.1 Å². The molecule has 4 aromatic rings. The van der Waals surface area contributed by atoms with Crippen molar-refractivity contribution in [3.63, 3.8) is 0 Å². The van der Waals surface area contributed by atoms with Crippen molar-refractivity contribution in [3.8, 4) is 11.5 Å². The fraction of sp³-hybridized carbons (Fsp3) is 0.222. The van der Waals surface area contributed by atoms with Crippen molar-refractivity contribution in [2.24, 2.45) is 0 Å². The zero-order valence-corrected chi connectivity index (χ0v) is 14.5. The molecule has 0 aliphatic carbocycles. The Kier molecular flexibility index (Phi) is 4.22. The van der Waals surface area contributed by atoms with Gasteiger partial charge in [-0.1, -0.05) is 30.3 Å². The third-order valence-electron chi connectivity index (χ3n) is 4.06. The average molecular weight is 350 g/mol. The number of anilines is 1. The van der Waals surface area contributed by atoms with Gasteiger partial charge in [0.2, 0.25) is 5.65 Å². The maximum Gasteiger partial charge on any atom is 0.207 e. The summed E-state index contributed by atoms with van der Waals surface area (Å²) in [5.41, 5.74) is 1.68. The van der Waals surface area contributed by atoms with Crippen LogP contribution >= 0.6 is 0 Å². The van der Waals surface area contributed by atoms with Crippen LogP contribution in [0.4, 0.5) is 5.82 Å². The van der Waals surface area contributed by atoms with Gasteiger partial charge in [0.25, 0.3) is 0 Å². The predicted molar refractivity (Wildman–Crippen MR) is 97.6 cm³/mol. The largest absolute Gasteiger partial charge is 0.493 e. The number of hydrogen-bond donors (Lipinski definition) is 1. The summed E-state index contributed by atoms with van der Waals surface area (Å²) < 4.78 is 12.4. The van der Waals surface area contributed by atoms with Crippen LogP contribution < -0.4 is 14.8 Å². The minimum absolute atomic E-state index is 0.577. The molecule has 132 valence electrons. The summed E-state index contributed by atoms with van der Waals surface area (Å²) in [6.45, 7) is 3.12. The highest BCUT2D eigenvalue weighted by Gasteiger charge is 2.11. The molecule has 2 heterocycles. The number of hydrogen-bond acceptors (Lipinski definition) is 7. The Morgan fingerprint density at radius 1 is 1.08 bits per heavy atom. The number of fused-ring (bicyclic) bond motifs is 3. The average Bonchev–Trinajstić information content (AvgIpc) is 3.16. The molecule has 0 unspecified atom stereocenters. The summed E-state index contributed by atoms with van der Waals surface area (Å²) in [5, 5.41) is 21.4. The van der Waals surface area contributed by atoms with E-state index < -0.39 is 0 Å². The number of ether oxygens (including phenoxy) is 2. The molecule has 0 bridgehead atoms. The summed E-state index contributed by atoms with van der Waals surface area (Å²) in [7, 11) is 1.63. The number of nitrogens with one attached hydrogen (secondary N) is 1. The van der Waals surface area contributed by atoms with Crippen molar-refractivity contribution < 1.29 is 9.47 Å². The second kappa shape index (κ2) is 6.83. The molecular formula is C18H18N6O2. The van der Waals surface area contributed by atoms with Crippen LogP contribution in [0.2, 0.25) is 0 Å². The number of nitrogens with zero attached hydrogens (tertiary/aromatic N) is 5. The molecule has 0 saturated heterocycles. The molecule has 0 atom stereocenters. The van der Waals surface area contributed by atoms with Crippen molar-refractivity contribution in [3.05, 3.63) is 48.0 Å². The molecule has 4 rings (SSSR count). The summed E-state index contributed by atoms with van der Waals surface area (Å²) in [4.78, 5) is 0. The summed E-state index contributed by atoms with van der Waals surface area (Å²) in [6, 6.07) is 13.8. The Morgan fingerprint density at radius 2 is 1.92 bits per heavy atom. The summed E-state index contributed by atoms with van der Waals surface area (Å²) in [6.07, 6.45) is 0. The Hall–Kier alpha value is -3.42. The van der Waals surface area contributed by atoms with Crippen LogP contribution in [-0.2, 0) is 6.54 Å². The third kappa shape index (κ3) is 2.85. The Morgan fingerprint density at radius 3 is 2.73 bits per heavy atom. The van der Waals surface area contributed by atoms with Gasteiger partial charge in [0.15, 0.2) is 17.3 Å². The van der Waals surface area contributed by atoms with Gasteiger partial charge in [-0.15, -0.1) is 14.8 Å². The zero-order valence-electron chi connectivity index (χ0n) is 14.5. The normalized spacial score (nSPS) is 11.0. The minimum atomic E-state index is 0.577. The predicted octanol–water partition coefficient (Wildman–Crippen LogP) is 2.69. The number of aromatic nitrogens is 5. The van der Waals surface area contributed by atoms with Crippen molar-refractivity contribution in [1.29, 1.82) is 0 Å². The number of rotatable bonds is 6. The molecule has 2 aromatic heterocycles. The van der Waals surface area contributed by atoms with E-state index in [-0.39, 0.29) is 0 Å². The van der Waals surface area contributed by atoms with Gasteiger partial charge in [0.05, 0.1) is 13.7 Å². The van der Waals surface area contributed by atoms with Gasteiger partial charge in [0, 0.05) is 17.3 Å². The van der Waals surface area contributed by atoms with E-state index in [1.807, 2.05) is 49.4 Å². The minimum Gasteiger partial charge on any atom is -0.493 e. The van der Waals surface area contributed by atoms with Crippen LogP contribution in [0.3, 0.4) is 0 Å². The van der Waals surface area contributed by atoms with Gasteiger partial charge in [-0.25, -0.2) is 0 Å². The standard InChI is InChI=1S/C18H18N6O2/c1-3-26-15-9-8-12(10-16(15)25-2)11-19-17-13-6-4-5-7-14(13)18-20-22-23-24(18)21-17/h4-10H,3,11H2,1-2H3,(H,19,21).